The molecule has 1 aliphatic heterocycles. The van der Waals surface area contributed by atoms with Gasteiger partial charge in [0.15, 0.2) is 0 Å². The van der Waals surface area contributed by atoms with Crippen molar-refractivity contribution in [3.8, 4) is 0 Å². The molecule has 1 unspecified atom stereocenters. The third-order valence-electron chi connectivity index (χ3n) is 4.61. The minimum Gasteiger partial charge on any atom is -0.481 e. The molecule has 7 nitrogen and oxygen atoms in total. The highest BCUT2D eigenvalue weighted by Crippen LogP contribution is 2.27. The first kappa shape index (κ1) is 19.4. The van der Waals surface area contributed by atoms with Gasteiger partial charge < -0.3 is 14.5 Å². The first-order valence-corrected chi connectivity index (χ1v) is 10.0. The first-order valence-electron chi connectivity index (χ1n) is 9.04. The summed E-state index contributed by atoms with van der Waals surface area (Å²) in [7, 11) is 0. The maximum absolute atomic E-state index is 13.0. The fourth-order valence-electron chi connectivity index (χ4n) is 3.28. The summed E-state index contributed by atoms with van der Waals surface area (Å²) >= 11 is 1.46. The number of rotatable bonds is 7. The summed E-state index contributed by atoms with van der Waals surface area (Å²) in [6, 6.07) is 5.44. The summed E-state index contributed by atoms with van der Waals surface area (Å²) in [6.07, 6.45) is 4.31. The van der Waals surface area contributed by atoms with Gasteiger partial charge in [0.1, 0.15) is 10.8 Å². The van der Waals surface area contributed by atoms with Crippen LogP contribution in [0.2, 0.25) is 0 Å². The van der Waals surface area contributed by atoms with Crippen molar-refractivity contribution in [3.63, 3.8) is 0 Å². The van der Waals surface area contributed by atoms with Gasteiger partial charge in [0, 0.05) is 37.5 Å². The van der Waals surface area contributed by atoms with Crippen LogP contribution in [0.1, 0.15) is 47.5 Å². The number of carbonyl (C=O) groups excluding carboxylic acids is 1. The van der Waals surface area contributed by atoms with Gasteiger partial charge in [0.05, 0.1) is 11.3 Å². The molecule has 0 aliphatic carbocycles. The maximum Gasteiger partial charge on any atom is 0.303 e. The molecule has 27 heavy (non-hydrogen) atoms. The quantitative estimate of drug-likeness (QED) is 0.725. The molecule has 2 aromatic rings. The zero-order valence-corrected chi connectivity index (χ0v) is 16.1. The summed E-state index contributed by atoms with van der Waals surface area (Å²) in [5, 5.41) is 13.5. The first-order chi connectivity index (χ1) is 13.0. The summed E-state index contributed by atoms with van der Waals surface area (Å²) in [5.41, 5.74) is 1.40. The number of carbonyl (C=O) groups is 2. The predicted molar refractivity (Wildman–Crippen MR) is 101 cm³/mol. The molecule has 8 heteroatoms. The molecule has 0 saturated carbocycles. The van der Waals surface area contributed by atoms with Gasteiger partial charge in [-0.3, -0.25) is 9.59 Å². The Morgan fingerprint density at radius 2 is 2.30 bits per heavy atom. The van der Waals surface area contributed by atoms with E-state index in [1.54, 1.807) is 18.3 Å². The van der Waals surface area contributed by atoms with E-state index in [-0.39, 0.29) is 18.2 Å². The van der Waals surface area contributed by atoms with E-state index in [1.807, 2.05) is 17.9 Å². The van der Waals surface area contributed by atoms with Gasteiger partial charge in [-0.05, 0) is 44.2 Å². The lowest BCUT2D eigenvalue weighted by Gasteiger charge is -2.33. The molecule has 1 aliphatic rings. The molecular weight excluding hydrogens is 366 g/mol. The smallest absolute Gasteiger partial charge is 0.303 e. The van der Waals surface area contributed by atoms with Gasteiger partial charge in [0.25, 0.3) is 5.91 Å². The van der Waals surface area contributed by atoms with E-state index in [0.717, 1.165) is 24.3 Å². The number of aryl methyl sites for hydroxylation is 1. The average molecular weight is 389 g/mol. The largest absolute Gasteiger partial charge is 0.481 e. The third kappa shape index (κ3) is 5.32. The van der Waals surface area contributed by atoms with Crippen LogP contribution in [-0.2, 0) is 10.5 Å². The molecule has 1 saturated heterocycles. The second-order valence-corrected chi connectivity index (χ2v) is 7.73. The third-order valence-corrected chi connectivity index (χ3v) is 5.65. The minimum absolute atomic E-state index is 0.0399. The Balaban J connectivity index is 1.66. The van der Waals surface area contributed by atoms with Crippen LogP contribution in [0.4, 0.5) is 0 Å². The Morgan fingerprint density at radius 3 is 3.04 bits per heavy atom. The number of aromatic nitrogens is 2. The monoisotopic (exact) mass is 389 g/mol. The summed E-state index contributed by atoms with van der Waals surface area (Å²) < 4.78 is 5.08. The normalized spacial score (nSPS) is 17.1. The number of aliphatic carboxylic acids is 1. The number of likely N-dealkylation sites (tertiary alicyclic amines) is 1. The number of hydrogen-bond acceptors (Lipinski definition) is 6. The fraction of sp³-hybridized carbons (Fsp3) is 0.474. The molecule has 1 fully saturated rings. The molecule has 3 rings (SSSR count). The number of carboxylic acid groups (broad SMARTS) is 1. The van der Waals surface area contributed by atoms with Crippen LogP contribution < -0.4 is 0 Å². The van der Waals surface area contributed by atoms with Gasteiger partial charge in [-0.2, -0.15) is 0 Å². The SMILES string of the molecule is Cc1cc(CSc2ncccc2C(=O)N2CCCC(CCC(=O)O)C2)no1. The highest BCUT2D eigenvalue weighted by atomic mass is 32.2. The van der Waals surface area contributed by atoms with E-state index in [1.165, 1.54) is 11.8 Å². The van der Waals surface area contributed by atoms with Crippen LogP contribution in [0.15, 0.2) is 33.9 Å². The second-order valence-electron chi connectivity index (χ2n) is 6.77. The highest BCUT2D eigenvalue weighted by Gasteiger charge is 2.26. The van der Waals surface area contributed by atoms with Crippen LogP contribution >= 0.6 is 11.8 Å². The molecule has 1 amide bonds. The Labute approximate surface area is 162 Å². The summed E-state index contributed by atoms with van der Waals surface area (Å²) in [6.45, 7) is 3.14. The minimum atomic E-state index is -0.785. The van der Waals surface area contributed by atoms with E-state index in [9.17, 15) is 9.59 Å². The molecule has 0 aromatic carbocycles. The Bertz CT molecular complexity index is 808. The van der Waals surface area contributed by atoms with Crippen molar-refractivity contribution in [2.45, 2.75) is 43.4 Å². The number of thioether (sulfide) groups is 1. The summed E-state index contributed by atoms with van der Waals surface area (Å²) in [5.74, 6) is 0.748. The number of nitrogens with zero attached hydrogens (tertiary/aromatic N) is 3. The van der Waals surface area contributed by atoms with Crippen molar-refractivity contribution >= 4 is 23.6 Å². The maximum atomic E-state index is 13.0. The molecule has 0 spiro atoms. The molecule has 1 N–H and O–H groups in total. The molecule has 0 bridgehead atoms. The lowest BCUT2D eigenvalue weighted by molar-refractivity contribution is -0.137. The van der Waals surface area contributed by atoms with Crippen LogP contribution in [0.3, 0.4) is 0 Å². The topological polar surface area (TPSA) is 96.5 Å². The van der Waals surface area contributed by atoms with Crippen molar-refractivity contribution in [1.82, 2.24) is 15.0 Å². The fourth-order valence-corrected chi connectivity index (χ4v) is 4.15. The number of hydrogen-bond donors (Lipinski definition) is 1. The van der Waals surface area contributed by atoms with E-state index in [2.05, 4.69) is 10.1 Å². The summed E-state index contributed by atoms with van der Waals surface area (Å²) in [4.78, 5) is 30.1. The van der Waals surface area contributed by atoms with Crippen molar-refractivity contribution < 1.29 is 19.2 Å². The van der Waals surface area contributed by atoms with E-state index < -0.39 is 5.97 Å². The Hall–Kier alpha value is -2.35. The number of carboxylic acids is 1. The lowest BCUT2D eigenvalue weighted by atomic mass is 9.93. The Morgan fingerprint density at radius 1 is 1.44 bits per heavy atom. The van der Waals surface area contributed by atoms with Gasteiger partial charge in [-0.1, -0.05) is 16.9 Å². The zero-order valence-electron chi connectivity index (χ0n) is 15.3. The van der Waals surface area contributed by atoms with E-state index in [0.29, 0.717) is 35.9 Å². The highest BCUT2D eigenvalue weighted by molar-refractivity contribution is 7.98. The standard InChI is InChI=1S/C19H23N3O4S/c1-13-10-15(21-26-13)12-27-18-16(5-2-8-20-18)19(25)22-9-3-4-14(11-22)6-7-17(23)24/h2,5,8,10,14H,3-4,6-7,9,11-12H2,1H3,(H,23,24). The number of pyridine rings is 1. The van der Waals surface area contributed by atoms with E-state index >= 15 is 0 Å². The van der Waals surface area contributed by atoms with Crippen LogP contribution in [0, 0.1) is 12.8 Å². The van der Waals surface area contributed by atoms with Crippen molar-refractivity contribution in [2.75, 3.05) is 13.1 Å². The second kappa shape index (κ2) is 9.03. The molecule has 2 aromatic heterocycles. The number of amides is 1. The molecule has 0 radical (unpaired) electrons. The average Bonchev–Trinajstić information content (AvgIpc) is 3.10. The van der Waals surface area contributed by atoms with Crippen LogP contribution in [0.25, 0.3) is 0 Å². The van der Waals surface area contributed by atoms with Gasteiger partial charge in [-0.15, -0.1) is 0 Å². The molecule has 1 atom stereocenters. The molecule has 3 heterocycles. The van der Waals surface area contributed by atoms with Gasteiger partial charge in [-0.25, -0.2) is 4.98 Å². The van der Waals surface area contributed by atoms with Crippen molar-refractivity contribution in [1.29, 1.82) is 0 Å². The molecule has 144 valence electrons. The zero-order chi connectivity index (χ0) is 19.2. The van der Waals surface area contributed by atoms with Crippen LogP contribution in [0.5, 0.6) is 0 Å². The van der Waals surface area contributed by atoms with Crippen molar-refractivity contribution in [2.24, 2.45) is 5.92 Å². The predicted octanol–water partition coefficient (Wildman–Crippen LogP) is 3.39. The Kier molecular flexibility index (Phi) is 6.49. The number of piperidine rings is 1. The van der Waals surface area contributed by atoms with Gasteiger partial charge in [0.2, 0.25) is 0 Å². The van der Waals surface area contributed by atoms with Gasteiger partial charge >= 0.3 is 5.97 Å². The van der Waals surface area contributed by atoms with E-state index in [4.69, 9.17) is 9.63 Å². The lowest BCUT2D eigenvalue weighted by Crippen LogP contribution is -2.40. The van der Waals surface area contributed by atoms with Crippen molar-refractivity contribution in [3.05, 3.63) is 41.4 Å². The van der Waals surface area contributed by atoms with Crippen LogP contribution in [-0.4, -0.2) is 45.1 Å². The molecular formula is C19H23N3O4S.